The number of nitrogens with zero attached hydrogens (tertiary/aromatic N) is 1. The van der Waals surface area contributed by atoms with Crippen LogP contribution in [0.25, 0.3) is 5.57 Å². The summed E-state index contributed by atoms with van der Waals surface area (Å²) in [6, 6.07) is 21.8. The molecule has 2 atom stereocenters. The quantitative estimate of drug-likeness (QED) is 0.449. The van der Waals surface area contributed by atoms with Gasteiger partial charge >= 0.3 is 0 Å². The van der Waals surface area contributed by atoms with Gasteiger partial charge in [0.05, 0.1) is 0 Å². The van der Waals surface area contributed by atoms with Gasteiger partial charge in [0.1, 0.15) is 0 Å². The molecule has 2 heterocycles. The monoisotopic (exact) mass is 373 g/mol. The van der Waals surface area contributed by atoms with E-state index in [-0.39, 0.29) is 0 Å². The van der Waals surface area contributed by atoms with Crippen molar-refractivity contribution in [3.8, 4) is 0 Å². The molecule has 0 aliphatic carbocycles. The lowest BCUT2D eigenvalue weighted by Gasteiger charge is -2.45. The van der Waals surface area contributed by atoms with Crippen LogP contribution in [-0.2, 0) is 13.0 Å². The molecule has 1 heteroatoms. The Balaban J connectivity index is 1.43. The molecule has 0 N–H and O–H groups in total. The number of aryl methyl sites for hydroxylation is 1. The zero-order chi connectivity index (χ0) is 19.2. The highest BCUT2D eigenvalue weighted by atomic mass is 15.2. The van der Waals surface area contributed by atoms with E-state index >= 15 is 0 Å². The molecule has 2 unspecified atom stereocenters. The second-order valence-corrected chi connectivity index (χ2v) is 8.71. The van der Waals surface area contributed by atoms with Crippen LogP contribution >= 0.6 is 0 Å². The van der Waals surface area contributed by atoms with E-state index in [1.54, 1.807) is 5.57 Å². The van der Waals surface area contributed by atoms with E-state index in [0.717, 1.165) is 6.54 Å². The van der Waals surface area contributed by atoms with Crippen molar-refractivity contribution < 1.29 is 0 Å². The van der Waals surface area contributed by atoms with E-state index in [1.165, 1.54) is 74.5 Å². The summed E-state index contributed by atoms with van der Waals surface area (Å²) in [4.78, 5) is 2.75. The maximum Gasteiger partial charge on any atom is 0.0290 e. The Morgan fingerprint density at radius 3 is 2.43 bits per heavy atom. The number of hydrogen-bond acceptors (Lipinski definition) is 1. The van der Waals surface area contributed by atoms with E-state index < -0.39 is 0 Å². The molecule has 2 bridgehead atoms. The van der Waals surface area contributed by atoms with Gasteiger partial charge in [0, 0.05) is 18.6 Å². The summed E-state index contributed by atoms with van der Waals surface area (Å²) in [5.41, 5.74) is 5.98. The average molecular weight is 374 g/mol. The summed E-state index contributed by atoms with van der Waals surface area (Å²) in [5, 5.41) is 0. The SMILES string of the molecule is CCCCCCc1ccc(C2=CC3CCCC(C2)N3Cc2ccccc2)cc1. The fraction of sp³-hybridized carbons (Fsp3) is 0.481. The van der Waals surface area contributed by atoms with Gasteiger partial charge in [-0.2, -0.15) is 0 Å². The molecule has 2 aliphatic rings. The second kappa shape index (κ2) is 9.56. The molecule has 0 spiro atoms. The van der Waals surface area contributed by atoms with Gasteiger partial charge in [-0.3, -0.25) is 4.90 Å². The predicted octanol–water partition coefficient (Wildman–Crippen LogP) is 7.02. The van der Waals surface area contributed by atoms with E-state index in [2.05, 4.69) is 72.5 Å². The van der Waals surface area contributed by atoms with Crippen LogP contribution in [0.15, 0.2) is 60.7 Å². The summed E-state index contributed by atoms with van der Waals surface area (Å²) in [6.45, 7) is 3.37. The standard InChI is InChI=1S/C27H35N/c1-2-3-4-6-10-22-15-17-24(18-16-22)25-19-26-13-9-14-27(20-25)28(26)21-23-11-7-5-8-12-23/h5,7-8,11-12,15-19,26-27H,2-4,6,9-10,13-14,20-21H2,1H3. The molecule has 28 heavy (non-hydrogen) atoms. The number of rotatable bonds is 8. The van der Waals surface area contributed by atoms with Crippen molar-refractivity contribution >= 4 is 5.57 Å². The van der Waals surface area contributed by atoms with Crippen molar-refractivity contribution in [2.75, 3.05) is 0 Å². The maximum absolute atomic E-state index is 2.75. The Hall–Kier alpha value is -1.86. The van der Waals surface area contributed by atoms with Crippen molar-refractivity contribution in [2.45, 2.75) is 83.3 Å². The molecule has 2 aromatic rings. The first-order valence-electron chi connectivity index (χ1n) is 11.4. The van der Waals surface area contributed by atoms with Gasteiger partial charge in [-0.15, -0.1) is 0 Å². The number of unbranched alkanes of at least 4 members (excludes halogenated alkanes) is 3. The van der Waals surface area contributed by atoms with Crippen LogP contribution in [0.4, 0.5) is 0 Å². The topological polar surface area (TPSA) is 3.24 Å². The molecule has 2 aliphatic heterocycles. The molecule has 1 saturated heterocycles. The Kier molecular flexibility index (Phi) is 6.65. The van der Waals surface area contributed by atoms with Gasteiger partial charge in [-0.25, -0.2) is 0 Å². The van der Waals surface area contributed by atoms with Crippen LogP contribution < -0.4 is 0 Å². The molecule has 1 nitrogen and oxygen atoms in total. The van der Waals surface area contributed by atoms with Crippen molar-refractivity contribution in [1.82, 2.24) is 4.90 Å². The summed E-state index contributed by atoms with van der Waals surface area (Å²) in [5.74, 6) is 0. The Morgan fingerprint density at radius 2 is 1.68 bits per heavy atom. The highest BCUT2D eigenvalue weighted by Gasteiger charge is 2.33. The molecule has 0 aromatic heterocycles. The van der Waals surface area contributed by atoms with Crippen LogP contribution in [-0.4, -0.2) is 17.0 Å². The minimum absolute atomic E-state index is 0.608. The first-order chi connectivity index (χ1) is 13.8. The lowest BCUT2D eigenvalue weighted by molar-refractivity contribution is 0.0951. The van der Waals surface area contributed by atoms with Crippen LogP contribution in [0.3, 0.4) is 0 Å². The number of fused-ring (bicyclic) bond motifs is 2. The van der Waals surface area contributed by atoms with E-state index in [1.807, 2.05) is 0 Å². The van der Waals surface area contributed by atoms with Gasteiger partial charge in [0.2, 0.25) is 0 Å². The summed E-state index contributed by atoms with van der Waals surface area (Å²) in [6.07, 6.45) is 14.4. The number of hydrogen-bond donors (Lipinski definition) is 0. The van der Waals surface area contributed by atoms with Crippen molar-refractivity contribution in [2.24, 2.45) is 0 Å². The van der Waals surface area contributed by atoms with Crippen LogP contribution in [0.2, 0.25) is 0 Å². The molecule has 1 fully saturated rings. The van der Waals surface area contributed by atoms with Crippen molar-refractivity contribution in [3.63, 3.8) is 0 Å². The van der Waals surface area contributed by atoms with Gasteiger partial charge < -0.3 is 0 Å². The normalized spacial score (nSPS) is 22.1. The van der Waals surface area contributed by atoms with Crippen LogP contribution in [0.5, 0.6) is 0 Å². The Bertz CT molecular complexity index is 759. The maximum atomic E-state index is 2.75. The van der Waals surface area contributed by atoms with Gasteiger partial charge in [0.15, 0.2) is 0 Å². The molecular weight excluding hydrogens is 338 g/mol. The molecule has 2 aromatic carbocycles. The highest BCUT2D eigenvalue weighted by Crippen LogP contribution is 2.38. The van der Waals surface area contributed by atoms with E-state index in [9.17, 15) is 0 Å². The van der Waals surface area contributed by atoms with Gasteiger partial charge in [0.25, 0.3) is 0 Å². The third-order valence-corrected chi connectivity index (χ3v) is 6.63. The van der Waals surface area contributed by atoms with Gasteiger partial charge in [-0.05, 0) is 54.4 Å². The van der Waals surface area contributed by atoms with Crippen molar-refractivity contribution in [3.05, 3.63) is 77.4 Å². The number of benzene rings is 2. The Labute approximate surface area is 171 Å². The largest absolute Gasteiger partial charge is 0.289 e. The summed E-state index contributed by atoms with van der Waals surface area (Å²) >= 11 is 0. The summed E-state index contributed by atoms with van der Waals surface area (Å²) < 4.78 is 0. The minimum Gasteiger partial charge on any atom is -0.289 e. The first-order valence-corrected chi connectivity index (χ1v) is 11.4. The fourth-order valence-electron chi connectivity index (χ4n) is 5.01. The minimum atomic E-state index is 0.608. The van der Waals surface area contributed by atoms with Crippen molar-refractivity contribution in [1.29, 1.82) is 0 Å². The molecule has 0 radical (unpaired) electrons. The summed E-state index contributed by atoms with van der Waals surface area (Å²) in [7, 11) is 0. The third-order valence-electron chi connectivity index (χ3n) is 6.63. The smallest absolute Gasteiger partial charge is 0.0290 e. The molecular formula is C27H35N. The molecule has 148 valence electrons. The van der Waals surface area contributed by atoms with E-state index in [0.29, 0.717) is 12.1 Å². The van der Waals surface area contributed by atoms with E-state index in [4.69, 9.17) is 0 Å². The number of piperidine rings is 1. The lowest BCUT2D eigenvalue weighted by atomic mass is 9.82. The molecule has 0 saturated carbocycles. The second-order valence-electron chi connectivity index (χ2n) is 8.71. The van der Waals surface area contributed by atoms with Crippen LogP contribution in [0, 0.1) is 0 Å². The average Bonchev–Trinajstić information content (AvgIpc) is 2.72. The molecule has 0 amide bonds. The predicted molar refractivity (Wildman–Crippen MR) is 120 cm³/mol. The molecule has 4 rings (SSSR count). The fourth-order valence-corrected chi connectivity index (χ4v) is 5.01. The van der Waals surface area contributed by atoms with Gasteiger partial charge in [-0.1, -0.05) is 93.3 Å². The highest BCUT2D eigenvalue weighted by molar-refractivity contribution is 5.68. The first kappa shape index (κ1) is 19.5. The van der Waals surface area contributed by atoms with Crippen LogP contribution in [0.1, 0.15) is 75.0 Å². The third kappa shape index (κ3) is 4.75. The zero-order valence-electron chi connectivity index (χ0n) is 17.4. The zero-order valence-corrected chi connectivity index (χ0v) is 17.4. The lowest BCUT2D eigenvalue weighted by Crippen LogP contribution is -2.47. The Morgan fingerprint density at radius 1 is 0.857 bits per heavy atom.